The van der Waals surface area contributed by atoms with Crippen molar-refractivity contribution in [3.63, 3.8) is 0 Å². The topological polar surface area (TPSA) is 69.4 Å². The monoisotopic (exact) mass is 229 g/mol. The largest absolute Gasteiger partial charge is 0.492 e. The standard InChI is InChI=1S/C10H15NO3S/c1-3-6-14-9-7-8(2)4-5-10(9)15(11,12)13/h4-5,7H,3,6H2,1-2H3,(H2,11,12,13). The van der Waals surface area contributed by atoms with Crippen molar-refractivity contribution in [3.05, 3.63) is 23.8 Å². The molecule has 15 heavy (non-hydrogen) atoms. The van der Waals surface area contributed by atoms with Crippen molar-refractivity contribution >= 4 is 10.0 Å². The van der Waals surface area contributed by atoms with Gasteiger partial charge >= 0.3 is 0 Å². The van der Waals surface area contributed by atoms with Gasteiger partial charge in [-0.1, -0.05) is 13.0 Å². The van der Waals surface area contributed by atoms with Crippen LogP contribution in [-0.4, -0.2) is 15.0 Å². The highest BCUT2D eigenvalue weighted by Crippen LogP contribution is 2.23. The molecule has 0 heterocycles. The Labute approximate surface area is 90.1 Å². The van der Waals surface area contributed by atoms with Gasteiger partial charge in [0.15, 0.2) is 0 Å². The number of ether oxygens (including phenoxy) is 1. The third kappa shape index (κ3) is 3.21. The molecule has 1 rings (SSSR count). The van der Waals surface area contributed by atoms with E-state index in [0.717, 1.165) is 12.0 Å². The van der Waals surface area contributed by atoms with Crippen LogP contribution in [-0.2, 0) is 10.0 Å². The zero-order valence-corrected chi connectivity index (χ0v) is 9.67. The fourth-order valence-corrected chi connectivity index (χ4v) is 1.83. The highest BCUT2D eigenvalue weighted by atomic mass is 32.2. The van der Waals surface area contributed by atoms with E-state index in [4.69, 9.17) is 9.88 Å². The highest BCUT2D eigenvalue weighted by Gasteiger charge is 2.14. The lowest BCUT2D eigenvalue weighted by Gasteiger charge is -2.09. The molecule has 2 N–H and O–H groups in total. The Bertz CT molecular complexity index is 440. The Kier molecular flexibility index (Phi) is 3.71. The second-order valence-corrected chi connectivity index (χ2v) is 4.87. The molecule has 0 saturated carbocycles. The fraction of sp³-hybridized carbons (Fsp3) is 0.400. The van der Waals surface area contributed by atoms with Crippen molar-refractivity contribution in [1.82, 2.24) is 0 Å². The van der Waals surface area contributed by atoms with Crippen LogP contribution in [0.3, 0.4) is 0 Å². The maximum absolute atomic E-state index is 11.2. The normalized spacial score (nSPS) is 11.4. The van der Waals surface area contributed by atoms with Crippen LogP contribution in [0.4, 0.5) is 0 Å². The minimum atomic E-state index is -3.71. The van der Waals surface area contributed by atoms with Crippen LogP contribution in [0.1, 0.15) is 18.9 Å². The molecule has 0 atom stereocenters. The third-order valence-electron chi connectivity index (χ3n) is 1.87. The summed E-state index contributed by atoms with van der Waals surface area (Å²) < 4.78 is 27.8. The van der Waals surface area contributed by atoms with Gasteiger partial charge in [-0.2, -0.15) is 0 Å². The van der Waals surface area contributed by atoms with Gasteiger partial charge in [0.05, 0.1) is 6.61 Å². The van der Waals surface area contributed by atoms with Crippen LogP contribution < -0.4 is 9.88 Å². The van der Waals surface area contributed by atoms with E-state index >= 15 is 0 Å². The van der Waals surface area contributed by atoms with Crippen molar-refractivity contribution in [1.29, 1.82) is 0 Å². The lowest BCUT2D eigenvalue weighted by Crippen LogP contribution is -2.14. The van der Waals surface area contributed by atoms with Crippen molar-refractivity contribution in [2.75, 3.05) is 6.61 Å². The van der Waals surface area contributed by atoms with Crippen LogP contribution in [0.2, 0.25) is 0 Å². The summed E-state index contributed by atoms with van der Waals surface area (Å²) in [5.74, 6) is 0.333. The number of nitrogens with two attached hydrogens (primary N) is 1. The molecule has 84 valence electrons. The molecule has 0 unspecified atom stereocenters. The first kappa shape index (κ1) is 12.0. The minimum Gasteiger partial charge on any atom is -0.492 e. The smallest absolute Gasteiger partial charge is 0.241 e. The molecule has 0 amide bonds. The summed E-state index contributed by atoms with van der Waals surface area (Å²) in [6.45, 7) is 4.30. The number of benzene rings is 1. The predicted octanol–water partition coefficient (Wildman–Crippen LogP) is 1.43. The molecule has 0 saturated heterocycles. The molecule has 0 radical (unpaired) electrons. The van der Waals surface area contributed by atoms with E-state index in [1.807, 2.05) is 13.8 Å². The van der Waals surface area contributed by atoms with Crippen LogP contribution in [0.15, 0.2) is 23.1 Å². The third-order valence-corrected chi connectivity index (χ3v) is 2.82. The van der Waals surface area contributed by atoms with E-state index in [9.17, 15) is 8.42 Å². The zero-order chi connectivity index (χ0) is 11.5. The molecule has 0 fully saturated rings. The van der Waals surface area contributed by atoms with E-state index in [2.05, 4.69) is 0 Å². The van der Waals surface area contributed by atoms with Gasteiger partial charge in [-0.25, -0.2) is 13.6 Å². The Balaban J connectivity index is 3.15. The van der Waals surface area contributed by atoms with E-state index in [1.54, 1.807) is 12.1 Å². The molecule has 0 aliphatic heterocycles. The highest BCUT2D eigenvalue weighted by molar-refractivity contribution is 7.89. The second kappa shape index (κ2) is 4.63. The van der Waals surface area contributed by atoms with E-state index in [-0.39, 0.29) is 4.90 Å². The maximum atomic E-state index is 11.2. The SMILES string of the molecule is CCCOc1cc(C)ccc1S(N)(=O)=O. The van der Waals surface area contributed by atoms with Crippen molar-refractivity contribution < 1.29 is 13.2 Å². The first-order valence-corrected chi connectivity index (χ1v) is 6.26. The molecule has 0 aliphatic carbocycles. The van der Waals surface area contributed by atoms with E-state index < -0.39 is 10.0 Å². The average Bonchev–Trinajstić information content (AvgIpc) is 2.12. The summed E-state index contributed by atoms with van der Waals surface area (Å²) in [5.41, 5.74) is 0.938. The van der Waals surface area contributed by atoms with Gasteiger partial charge < -0.3 is 4.74 Å². The molecule has 1 aromatic carbocycles. The predicted molar refractivity (Wildman–Crippen MR) is 58.3 cm³/mol. The van der Waals surface area contributed by atoms with E-state index in [1.165, 1.54) is 6.07 Å². The lowest BCUT2D eigenvalue weighted by atomic mass is 10.2. The Morgan fingerprint density at radius 1 is 1.40 bits per heavy atom. The number of sulfonamides is 1. The number of hydrogen-bond acceptors (Lipinski definition) is 3. The fourth-order valence-electron chi connectivity index (χ4n) is 1.18. The summed E-state index contributed by atoms with van der Waals surface area (Å²) in [6.07, 6.45) is 0.817. The first-order valence-electron chi connectivity index (χ1n) is 4.71. The maximum Gasteiger partial charge on any atom is 0.241 e. The lowest BCUT2D eigenvalue weighted by molar-refractivity contribution is 0.309. The molecule has 5 heteroatoms. The van der Waals surface area contributed by atoms with Crippen molar-refractivity contribution in [2.45, 2.75) is 25.2 Å². The molecule has 1 aromatic rings. The molecular weight excluding hydrogens is 214 g/mol. The number of primary sulfonamides is 1. The van der Waals surface area contributed by atoms with Gasteiger partial charge in [0, 0.05) is 0 Å². The molecule has 0 spiro atoms. The van der Waals surface area contributed by atoms with Gasteiger partial charge in [-0.3, -0.25) is 0 Å². The molecule has 0 aliphatic rings. The zero-order valence-electron chi connectivity index (χ0n) is 8.86. The van der Waals surface area contributed by atoms with E-state index in [0.29, 0.717) is 12.4 Å². The van der Waals surface area contributed by atoms with Gasteiger partial charge in [-0.15, -0.1) is 0 Å². The van der Waals surface area contributed by atoms with Crippen LogP contribution in [0, 0.1) is 6.92 Å². The van der Waals surface area contributed by atoms with Gasteiger partial charge in [0.2, 0.25) is 10.0 Å². The van der Waals surface area contributed by atoms with Crippen molar-refractivity contribution in [2.24, 2.45) is 5.14 Å². The molecule has 0 aromatic heterocycles. The number of hydrogen-bond donors (Lipinski definition) is 1. The van der Waals surface area contributed by atoms with Gasteiger partial charge in [0.25, 0.3) is 0 Å². The summed E-state index contributed by atoms with van der Waals surface area (Å²) in [4.78, 5) is 0.0431. The summed E-state index contributed by atoms with van der Waals surface area (Å²) in [6, 6.07) is 4.84. The van der Waals surface area contributed by atoms with Crippen LogP contribution in [0.5, 0.6) is 5.75 Å². The van der Waals surface area contributed by atoms with Crippen LogP contribution in [0.25, 0.3) is 0 Å². The van der Waals surface area contributed by atoms with Gasteiger partial charge in [-0.05, 0) is 31.0 Å². The quantitative estimate of drug-likeness (QED) is 0.849. The first-order chi connectivity index (χ1) is 6.95. The van der Waals surface area contributed by atoms with Crippen molar-refractivity contribution in [3.8, 4) is 5.75 Å². The Morgan fingerprint density at radius 3 is 2.60 bits per heavy atom. The minimum absolute atomic E-state index is 0.0431. The molecular formula is C10H15NO3S. The molecule has 4 nitrogen and oxygen atoms in total. The summed E-state index contributed by atoms with van der Waals surface area (Å²) >= 11 is 0. The summed E-state index contributed by atoms with van der Waals surface area (Å²) in [5, 5.41) is 5.07. The Morgan fingerprint density at radius 2 is 2.07 bits per heavy atom. The molecule has 0 bridgehead atoms. The summed E-state index contributed by atoms with van der Waals surface area (Å²) in [7, 11) is -3.71. The number of aryl methyl sites for hydroxylation is 1. The van der Waals surface area contributed by atoms with Crippen LogP contribution >= 0.6 is 0 Å². The average molecular weight is 229 g/mol. The Hall–Kier alpha value is -1.07. The van der Waals surface area contributed by atoms with Gasteiger partial charge in [0.1, 0.15) is 10.6 Å². The number of rotatable bonds is 4. The second-order valence-electron chi connectivity index (χ2n) is 3.34.